The number of fused-ring (bicyclic) bond motifs is 1. The Hall–Kier alpha value is -2.12. The predicted octanol–water partition coefficient (Wildman–Crippen LogP) is 4.28. The number of hydrogen-bond donors (Lipinski definition) is 2. The average Bonchev–Trinajstić information content (AvgIpc) is 2.76. The molecule has 2 aromatic carbocycles. The summed E-state index contributed by atoms with van der Waals surface area (Å²) in [6.07, 6.45) is 2.84. The fourth-order valence-electron chi connectivity index (χ4n) is 6.00. The molecule has 1 amide bonds. The van der Waals surface area contributed by atoms with Gasteiger partial charge in [-0.3, -0.25) is 9.59 Å². The van der Waals surface area contributed by atoms with Crippen LogP contribution in [0, 0.1) is 0 Å². The Morgan fingerprint density at radius 2 is 1.91 bits per heavy atom. The molecule has 1 aliphatic heterocycles. The lowest BCUT2D eigenvalue weighted by atomic mass is 9.55. The van der Waals surface area contributed by atoms with E-state index in [1.807, 2.05) is 18.2 Å². The van der Waals surface area contributed by atoms with Crippen molar-refractivity contribution in [2.45, 2.75) is 56.1 Å². The Morgan fingerprint density at radius 3 is 2.63 bits per heavy atom. The summed E-state index contributed by atoms with van der Waals surface area (Å²) >= 11 is 12.1. The molecule has 1 heterocycles. The van der Waals surface area contributed by atoms with E-state index in [-0.39, 0.29) is 24.3 Å². The first kappa shape index (κ1) is 26.0. The molecule has 0 bridgehead atoms. The van der Waals surface area contributed by atoms with E-state index >= 15 is 0 Å². The van der Waals surface area contributed by atoms with Gasteiger partial charge in [-0.05, 0) is 54.7 Å². The summed E-state index contributed by atoms with van der Waals surface area (Å²) in [6, 6.07) is 12.6. The second kappa shape index (κ2) is 9.74. The molecule has 0 unspecified atom stereocenters. The highest BCUT2D eigenvalue weighted by atomic mass is 35.5. The van der Waals surface area contributed by atoms with Crippen molar-refractivity contribution in [1.29, 1.82) is 0 Å². The van der Waals surface area contributed by atoms with Crippen LogP contribution in [0.2, 0.25) is 10.0 Å². The third kappa shape index (κ3) is 5.51. The summed E-state index contributed by atoms with van der Waals surface area (Å²) in [6.45, 7) is 2.89. The number of amides is 1. The number of piperidine rings is 1. The van der Waals surface area contributed by atoms with E-state index in [4.69, 9.17) is 27.9 Å². The molecule has 2 aromatic rings. The maximum atomic E-state index is 12.9. The summed E-state index contributed by atoms with van der Waals surface area (Å²) in [7, 11) is 4.28. The average molecular weight is 520 g/mol. The number of ether oxygens (including phenoxy) is 1. The molecule has 188 valence electrons. The largest absolute Gasteiger partial charge is 0.427 e. The number of benzene rings is 2. The molecule has 0 spiro atoms. The molecule has 4 rings (SSSR count). The predicted molar refractivity (Wildman–Crippen MR) is 137 cm³/mol. The minimum atomic E-state index is -0.936. The van der Waals surface area contributed by atoms with E-state index in [0.717, 1.165) is 28.6 Å². The quantitative estimate of drug-likeness (QED) is 0.351. The van der Waals surface area contributed by atoms with E-state index in [9.17, 15) is 14.7 Å². The van der Waals surface area contributed by atoms with Crippen LogP contribution in [0.15, 0.2) is 42.5 Å². The van der Waals surface area contributed by atoms with Gasteiger partial charge in [-0.25, -0.2) is 0 Å². The van der Waals surface area contributed by atoms with Crippen molar-refractivity contribution in [3.63, 3.8) is 0 Å². The molecule has 2 aliphatic rings. The Morgan fingerprint density at radius 1 is 1.14 bits per heavy atom. The van der Waals surface area contributed by atoms with Crippen LogP contribution < -0.4 is 10.1 Å². The number of esters is 1. The number of likely N-dealkylation sites (N-methyl/N-ethyl adjacent to an activating group) is 1. The van der Waals surface area contributed by atoms with Gasteiger partial charge >= 0.3 is 5.97 Å². The first-order valence-corrected chi connectivity index (χ1v) is 12.7. The molecule has 2 fully saturated rings. The summed E-state index contributed by atoms with van der Waals surface area (Å²) < 4.78 is 6.09. The number of aliphatic hydroxyl groups is 1. The van der Waals surface area contributed by atoms with E-state index in [2.05, 4.69) is 19.4 Å². The van der Waals surface area contributed by atoms with Crippen LogP contribution in [-0.2, 0) is 21.4 Å². The Balaban J connectivity index is 1.59. The maximum absolute atomic E-state index is 12.9. The van der Waals surface area contributed by atoms with Crippen LogP contribution in [0.3, 0.4) is 0 Å². The summed E-state index contributed by atoms with van der Waals surface area (Å²) in [4.78, 5) is 24.5. The van der Waals surface area contributed by atoms with Crippen molar-refractivity contribution in [3.8, 4) is 5.75 Å². The maximum Gasteiger partial charge on any atom is 0.308 e. The van der Waals surface area contributed by atoms with Crippen LogP contribution >= 0.6 is 23.2 Å². The molecule has 3 atom stereocenters. The molecule has 2 N–H and O–H groups in total. The number of carbonyl (C=O) groups is 2. The Labute approximate surface area is 216 Å². The van der Waals surface area contributed by atoms with E-state index < -0.39 is 11.0 Å². The minimum Gasteiger partial charge on any atom is -0.427 e. The second-order valence-electron chi connectivity index (χ2n) is 10.7. The fourth-order valence-corrected chi connectivity index (χ4v) is 6.32. The first-order chi connectivity index (χ1) is 16.4. The van der Waals surface area contributed by atoms with Crippen molar-refractivity contribution in [2.75, 3.05) is 27.2 Å². The number of quaternary nitrogens is 1. The standard InChI is InChI=1S/C27H32Cl2N2O4/c1-18(32)35-22-6-4-5-20(15-22)26-11-12-31(2,3)17-27(26,34)10-9-21(16-26)30-25(33)14-19-7-8-23(28)24(29)13-19/h4-8,13,15,21,34H,9-12,14,16-17H2,1-3H3/p+1/t21-,26+,27+/m1/s1. The molecular formula is C27H33Cl2N2O4+. The third-order valence-corrected chi connectivity index (χ3v) is 8.33. The molecule has 35 heavy (non-hydrogen) atoms. The van der Waals surface area contributed by atoms with Gasteiger partial charge in [0.2, 0.25) is 5.91 Å². The van der Waals surface area contributed by atoms with Crippen molar-refractivity contribution < 1.29 is 23.9 Å². The molecule has 8 heteroatoms. The lowest BCUT2D eigenvalue weighted by molar-refractivity contribution is -0.905. The van der Waals surface area contributed by atoms with Gasteiger partial charge in [0.05, 0.1) is 37.1 Å². The third-order valence-electron chi connectivity index (χ3n) is 7.59. The van der Waals surface area contributed by atoms with Gasteiger partial charge in [-0.15, -0.1) is 0 Å². The van der Waals surface area contributed by atoms with Crippen molar-refractivity contribution >= 4 is 35.1 Å². The van der Waals surface area contributed by atoms with Crippen LogP contribution in [0.5, 0.6) is 5.75 Å². The first-order valence-electron chi connectivity index (χ1n) is 12.0. The topological polar surface area (TPSA) is 75.6 Å². The number of rotatable bonds is 5. The van der Waals surface area contributed by atoms with Gasteiger partial charge in [-0.2, -0.15) is 0 Å². The second-order valence-corrected chi connectivity index (χ2v) is 11.5. The molecular weight excluding hydrogens is 487 g/mol. The minimum absolute atomic E-state index is 0.0864. The molecule has 0 aromatic heterocycles. The monoisotopic (exact) mass is 519 g/mol. The van der Waals surface area contributed by atoms with Crippen molar-refractivity contribution in [1.82, 2.24) is 5.32 Å². The Kier molecular flexibility index (Phi) is 7.22. The summed E-state index contributed by atoms with van der Waals surface area (Å²) in [5.74, 6) is -0.00108. The van der Waals surface area contributed by atoms with Gasteiger partial charge in [0, 0.05) is 24.8 Å². The lowest BCUT2D eigenvalue weighted by Crippen LogP contribution is -2.70. The zero-order chi connectivity index (χ0) is 25.4. The highest BCUT2D eigenvalue weighted by Crippen LogP contribution is 2.53. The van der Waals surface area contributed by atoms with Crippen LogP contribution in [0.25, 0.3) is 0 Å². The van der Waals surface area contributed by atoms with Gasteiger partial charge in [0.1, 0.15) is 17.9 Å². The molecule has 6 nitrogen and oxygen atoms in total. The molecule has 0 radical (unpaired) electrons. The van der Waals surface area contributed by atoms with E-state index in [1.165, 1.54) is 6.92 Å². The van der Waals surface area contributed by atoms with Gasteiger partial charge in [0.15, 0.2) is 0 Å². The zero-order valence-electron chi connectivity index (χ0n) is 20.4. The van der Waals surface area contributed by atoms with E-state index in [0.29, 0.717) is 41.6 Å². The zero-order valence-corrected chi connectivity index (χ0v) is 22.0. The van der Waals surface area contributed by atoms with Crippen molar-refractivity contribution in [2.24, 2.45) is 0 Å². The van der Waals surface area contributed by atoms with Gasteiger partial charge in [0.25, 0.3) is 0 Å². The highest BCUT2D eigenvalue weighted by Gasteiger charge is 2.60. The number of carbonyl (C=O) groups excluding carboxylic acids is 2. The highest BCUT2D eigenvalue weighted by molar-refractivity contribution is 6.42. The number of likely N-dealkylation sites (tertiary alicyclic amines) is 1. The van der Waals surface area contributed by atoms with Gasteiger partial charge in [-0.1, -0.05) is 41.4 Å². The van der Waals surface area contributed by atoms with Crippen LogP contribution in [-0.4, -0.2) is 60.3 Å². The summed E-state index contributed by atoms with van der Waals surface area (Å²) in [5, 5.41) is 16.2. The lowest BCUT2D eigenvalue weighted by Gasteiger charge is -2.58. The van der Waals surface area contributed by atoms with Crippen molar-refractivity contribution in [3.05, 3.63) is 63.6 Å². The number of hydrogen-bond acceptors (Lipinski definition) is 4. The van der Waals surface area contributed by atoms with Crippen LogP contribution in [0.1, 0.15) is 43.7 Å². The SMILES string of the molecule is CC(=O)Oc1cccc([C@@]23CC[N+](C)(C)C[C@@]2(O)CC[C@@H](NC(=O)Cc2ccc(Cl)c(Cl)c2)C3)c1. The number of nitrogens with one attached hydrogen (secondary N) is 1. The smallest absolute Gasteiger partial charge is 0.308 e. The molecule has 1 aliphatic carbocycles. The molecule has 1 saturated carbocycles. The number of nitrogens with zero attached hydrogens (tertiary/aromatic N) is 1. The summed E-state index contributed by atoms with van der Waals surface area (Å²) in [5.41, 5.74) is 0.247. The van der Waals surface area contributed by atoms with Crippen LogP contribution in [0.4, 0.5) is 0 Å². The fraction of sp³-hybridized carbons (Fsp3) is 0.481. The molecule has 1 saturated heterocycles. The number of halogens is 2. The van der Waals surface area contributed by atoms with E-state index in [1.54, 1.807) is 24.3 Å². The Bertz CT molecular complexity index is 1140. The van der Waals surface area contributed by atoms with Gasteiger partial charge < -0.3 is 19.6 Å². The normalized spacial score (nSPS) is 27.5.